The minimum absolute atomic E-state index is 0.795. The van der Waals surface area contributed by atoms with Gasteiger partial charge in [0.15, 0.2) is 0 Å². The minimum atomic E-state index is -3.30. The summed E-state index contributed by atoms with van der Waals surface area (Å²) in [6, 6.07) is 55.4. The highest BCUT2D eigenvalue weighted by atomic mass is 31.2. The molecular formula is C36H27N2OP. The molecule has 0 spiro atoms. The maximum absolute atomic E-state index is 15.7. The Morgan fingerprint density at radius 3 is 1.55 bits per heavy atom. The first-order chi connectivity index (χ1) is 19.7. The van der Waals surface area contributed by atoms with Crippen LogP contribution in [0.4, 0.5) is 28.4 Å². The van der Waals surface area contributed by atoms with Crippen LogP contribution in [0.25, 0.3) is 11.1 Å². The van der Waals surface area contributed by atoms with Gasteiger partial charge in [-0.1, -0.05) is 91.0 Å². The van der Waals surface area contributed by atoms with Crippen molar-refractivity contribution in [3.8, 4) is 11.1 Å². The predicted octanol–water partition coefficient (Wildman–Crippen LogP) is 9.20. The van der Waals surface area contributed by atoms with E-state index in [1.807, 2.05) is 109 Å². The molecule has 4 heteroatoms. The lowest BCUT2D eigenvalue weighted by molar-refractivity contribution is 0.587. The number of rotatable bonds is 5. The van der Waals surface area contributed by atoms with Gasteiger partial charge in [-0.2, -0.15) is 0 Å². The van der Waals surface area contributed by atoms with E-state index in [4.69, 9.17) is 0 Å². The second-order valence-corrected chi connectivity index (χ2v) is 12.3. The number of benzene rings is 6. The van der Waals surface area contributed by atoms with Crippen molar-refractivity contribution in [2.24, 2.45) is 0 Å². The van der Waals surface area contributed by atoms with Crippen LogP contribution < -0.4 is 20.2 Å². The van der Waals surface area contributed by atoms with Crippen LogP contribution in [0.2, 0.25) is 0 Å². The molecule has 0 N–H and O–H groups in total. The molecule has 1 atom stereocenters. The second-order valence-electron chi connectivity index (χ2n) is 9.78. The van der Waals surface area contributed by atoms with Crippen LogP contribution >= 0.6 is 7.29 Å². The van der Waals surface area contributed by atoms with E-state index >= 15 is 4.57 Å². The van der Waals surface area contributed by atoms with Crippen LogP contribution in [-0.2, 0) is 4.57 Å². The van der Waals surface area contributed by atoms with E-state index in [1.165, 1.54) is 0 Å². The SMILES string of the molecule is O=P1(c2ccc(N(c3ccccc3)c3ccccc3)cc2)c2ccccc2-c2ccccc2N1c1ccccc1. The fourth-order valence-electron chi connectivity index (χ4n) is 5.64. The molecule has 1 heterocycles. The third-order valence-corrected chi connectivity index (χ3v) is 10.5. The molecule has 6 aromatic rings. The fourth-order valence-corrected chi connectivity index (χ4v) is 8.67. The highest BCUT2D eigenvalue weighted by Crippen LogP contribution is 2.61. The molecule has 192 valence electrons. The first-order valence-corrected chi connectivity index (χ1v) is 15.1. The van der Waals surface area contributed by atoms with Crippen molar-refractivity contribution in [1.82, 2.24) is 0 Å². The fraction of sp³-hybridized carbons (Fsp3) is 0. The lowest BCUT2D eigenvalue weighted by Gasteiger charge is -2.40. The highest BCUT2D eigenvalue weighted by molar-refractivity contribution is 7.80. The van der Waals surface area contributed by atoms with Gasteiger partial charge in [-0.15, -0.1) is 0 Å². The van der Waals surface area contributed by atoms with Gasteiger partial charge in [0.05, 0.1) is 5.69 Å². The third kappa shape index (κ3) is 3.95. The van der Waals surface area contributed by atoms with Crippen LogP contribution in [0.5, 0.6) is 0 Å². The van der Waals surface area contributed by atoms with Gasteiger partial charge in [0.25, 0.3) is 0 Å². The van der Waals surface area contributed by atoms with Gasteiger partial charge >= 0.3 is 0 Å². The van der Waals surface area contributed by atoms with Crippen molar-refractivity contribution in [2.75, 3.05) is 9.57 Å². The summed E-state index contributed by atoms with van der Waals surface area (Å²) >= 11 is 0. The Hall–Kier alpha value is -4.85. The lowest BCUT2D eigenvalue weighted by Crippen LogP contribution is -2.33. The quantitative estimate of drug-likeness (QED) is 0.206. The zero-order valence-electron chi connectivity index (χ0n) is 21.8. The number of para-hydroxylation sites is 4. The standard InChI is InChI=1S/C36H27N2OP/c39-40(32-26-24-30(25-27-32)37(28-14-4-1-5-15-28)29-16-6-2-7-17-29)36-23-13-11-21-34(36)33-20-10-12-22-35(33)38(40)31-18-8-3-9-19-31/h1-27H. The Morgan fingerprint density at radius 2 is 0.925 bits per heavy atom. The van der Waals surface area contributed by atoms with Crippen LogP contribution in [0.3, 0.4) is 0 Å². The zero-order chi connectivity index (χ0) is 26.9. The van der Waals surface area contributed by atoms with Crippen LogP contribution in [0, 0.1) is 0 Å². The van der Waals surface area contributed by atoms with E-state index in [0.29, 0.717) is 0 Å². The molecule has 0 aliphatic carbocycles. The Kier molecular flexibility index (Phi) is 6.07. The number of anilines is 5. The molecule has 7 rings (SSSR count). The minimum Gasteiger partial charge on any atom is -0.311 e. The molecule has 0 radical (unpaired) electrons. The molecule has 0 saturated heterocycles. The molecule has 1 aliphatic rings. The summed E-state index contributed by atoms with van der Waals surface area (Å²) in [4.78, 5) is 2.22. The van der Waals surface area contributed by atoms with Gasteiger partial charge in [-0.3, -0.25) is 9.24 Å². The Balaban J connectivity index is 1.42. The summed E-state index contributed by atoms with van der Waals surface area (Å²) in [7, 11) is -3.30. The number of fused-ring (bicyclic) bond motifs is 3. The average molecular weight is 535 g/mol. The monoisotopic (exact) mass is 534 g/mol. The molecule has 0 fully saturated rings. The number of nitrogens with zero attached hydrogens (tertiary/aromatic N) is 2. The van der Waals surface area contributed by atoms with Crippen molar-refractivity contribution < 1.29 is 4.57 Å². The summed E-state index contributed by atoms with van der Waals surface area (Å²) in [5, 5.41) is 1.65. The van der Waals surface area contributed by atoms with Crippen LogP contribution in [0.15, 0.2) is 164 Å². The molecule has 0 bridgehead atoms. The van der Waals surface area contributed by atoms with Gasteiger partial charge < -0.3 is 4.90 Å². The van der Waals surface area contributed by atoms with Crippen LogP contribution in [0.1, 0.15) is 0 Å². The topological polar surface area (TPSA) is 23.6 Å². The van der Waals surface area contributed by atoms with Crippen molar-refractivity contribution >= 4 is 46.3 Å². The Morgan fingerprint density at radius 1 is 0.450 bits per heavy atom. The van der Waals surface area contributed by atoms with E-state index in [0.717, 1.165) is 50.2 Å². The molecular weight excluding hydrogens is 507 g/mol. The predicted molar refractivity (Wildman–Crippen MR) is 168 cm³/mol. The molecule has 0 saturated carbocycles. The summed E-state index contributed by atoms with van der Waals surface area (Å²) in [5.41, 5.74) is 7.11. The van der Waals surface area contributed by atoms with E-state index < -0.39 is 7.29 Å². The van der Waals surface area contributed by atoms with Crippen molar-refractivity contribution in [1.29, 1.82) is 0 Å². The van der Waals surface area contributed by atoms with Gasteiger partial charge in [-0.05, 0) is 78.4 Å². The second kappa shape index (κ2) is 10.0. The van der Waals surface area contributed by atoms with Crippen molar-refractivity contribution in [3.05, 3.63) is 164 Å². The molecule has 3 nitrogen and oxygen atoms in total. The molecule has 40 heavy (non-hydrogen) atoms. The Labute approximate surface area is 235 Å². The molecule has 1 aliphatic heterocycles. The van der Waals surface area contributed by atoms with E-state index in [-0.39, 0.29) is 0 Å². The van der Waals surface area contributed by atoms with Gasteiger partial charge in [0, 0.05) is 38.9 Å². The number of hydrogen-bond acceptors (Lipinski definition) is 2. The highest BCUT2D eigenvalue weighted by Gasteiger charge is 2.42. The van der Waals surface area contributed by atoms with Crippen molar-refractivity contribution in [2.45, 2.75) is 0 Å². The largest absolute Gasteiger partial charge is 0.311 e. The summed E-state index contributed by atoms with van der Waals surface area (Å²) in [6.45, 7) is 0. The molecule has 6 aromatic carbocycles. The van der Waals surface area contributed by atoms with Gasteiger partial charge in [0.2, 0.25) is 7.29 Å². The molecule has 0 amide bonds. The van der Waals surface area contributed by atoms with Crippen LogP contribution in [-0.4, -0.2) is 0 Å². The first-order valence-electron chi connectivity index (χ1n) is 13.4. The van der Waals surface area contributed by atoms with Gasteiger partial charge in [-0.25, -0.2) is 0 Å². The smallest absolute Gasteiger partial charge is 0.234 e. The molecule has 0 aromatic heterocycles. The van der Waals surface area contributed by atoms with Crippen molar-refractivity contribution in [3.63, 3.8) is 0 Å². The lowest BCUT2D eigenvalue weighted by atomic mass is 10.0. The number of hydrogen-bond donors (Lipinski definition) is 0. The normalized spacial score (nSPS) is 15.7. The van der Waals surface area contributed by atoms with E-state index in [9.17, 15) is 0 Å². The van der Waals surface area contributed by atoms with Gasteiger partial charge in [0.1, 0.15) is 0 Å². The average Bonchev–Trinajstić information content (AvgIpc) is 3.03. The molecule has 1 unspecified atom stereocenters. The maximum Gasteiger partial charge on any atom is 0.234 e. The third-order valence-electron chi connectivity index (χ3n) is 7.42. The summed E-state index contributed by atoms with van der Waals surface area (Å²) < 4.78 is 17.7. The Bertz CT molecular complexity index is 1780. The summed E-state index contributed by atoms with van der Waals surface area (Å²) in [6.07, 6.45) is 0. The zero-order valence-corrected chi connectivity index (χ0v) is 22.7. The maximum atomic E-state index is 15.7. The van der Waals surface area contributed by atoms with E-state index in [2.05, 4.69) is 64.2 Å². The summed E-state index contributed by atoms with van der Waals surface area (Å²) in [5.74, 6) is 0. The van der Waals surface area contributed by atoms with E-state index in [1.54, 1.807) is 0 Å². The first kappa shape index (κ1) is 24.2.